The molecule has 0 aromatic carbocycles. The third-order valence-electron chi connectivity index (χ3n) is 3.60. The minimum absolute atomic E-state index is 0.353. The maximum Gasteiger partial charge on any atom is 0.0616 e. The van der Waals surface area contributed by atoms with Crippen LogP contribution in [0, 0.1) is 11.8 Å². The summed E-state index contributed by atoms with van der Waals surface area (Å²) in [7, 11) is 0. The first kappa shape index (κ1) is 13.9. The first-order chi connectivity index (χ1) is 7.77. The predicted octanol–water partition coefficient (Wildman–Crippen LogP) is 1.80. The van der Waals surface area contributed by atoms with E-state index in [9.17, 15) is 5.11 Å². The lowest BCUT2D eigenvalue weighted by molar-refractivity contribution is 0.110. The van der Waals surface area contributed by atoms with Crippen LogP contribution in [-0.2, 0) is 4.74 Å². The number of rotatable bonds is 7. The summed E-state index contributed by atoms with van der Waals surface area (Å²) < 4.78 is 5.38. The first-order valence-electron chi connectivity index (χ1n) is 6.69. The van der Waals surface area contributed by atoms with Gasteiger partial charge in [0.2, 0.25) is 0 Å². The van der Waals surface area contributed by atoms with Gasteiger partial charge in [-0.15, -0.1) is 0 Å². The normalized spacial score (nSPS) is 27.9. The Kier molecular flexibility index (Phi) is 7.01. The Bertz CT molecular complexity index is 175. The van der Waals surface area contributed by atoms with E-state index in [2.05, 4.69) is 12.2 Å². The zero-order valence-electron chi connectivity index (χ0n) is 10.7. The minimum atomic E-state index is 0.353. The number of hydrogen-bond donors (Lipinski definition) is 2. The Balaban J connectivity index is 2.18. The second-order valence-electron chi connectivity index (χ2n) is 4.96. The second kappa shape index (κ2) is 8.04. The van der Waals surface area contributed by atoms with E-state index < -0.39 is 0 Å². The van der Waals surface area contributed by atoms with Gasteiger partial charge in [0.25, 0.3) is 0 Å². The largest absolute Gasteiger partial charge is 0.396 e. The van der Waals surface area contributed by atoms with E-state index >= 15 is 0 Å². The molecule has 1 rings (SSSR count). The van der Waals surface area contributed by atoms with Gasteiger partial charge in [-0.25, -0.2) is 0 Å². The van der Waals surface area contributed by atoms with Gasteiger partial charge in [-0.2, -0.15) is 0 Å². The molecule has 96 valence electrons. The summed E-state index contributed by atoms with van der Waals surface area (Å²) in [5.41, 5.74) is 0. The van der Waals surface area contributed by atoms with Crippen LogP contribution in [0.25, 0.3) is 0 Å². The van der Waals surface area contributed by atoms with Crippen LogP contribution >= 0.6 is 0 Å². The number of nitrogens with one attached hydrogen (secondary N) is 1. The summed E-state index contributed by atoms with van der Waals surface area (Å²) in [4.78, 5) is 0. The molecule has 1 saturated carbocycles. The van der Waals surface area contributed by atoms with Gasteiger partial charge in [0, 0.05) is 19.3 Å². The monoisotopic (exact) mass is 229 g/mol. The Labute approximate surface area is 99.6 Å². The lowest BCUT2D eigenvalue weighted by atomic mass is 9.79. The van der Waals surface area contributed by atoms with Crippen molar-refractivity contribution in [3.05, 3.63) is 0 Å². The van der Waals surface area contributed by atoms with Crippen molar-refractivity contribution in [3.8, 4) is 0 Å². The van der Waals surface area contributed by atoms with Crippen LogP contribution in [0.4, 0.5) is 0 Å². The summed E-state index contributed by atoms with van der Waals surface area (Å²) in [5, 5.41) is 12.8. The number of aliphatic hydroxyl groups excluding tert-OH is 1. The highest BCUT2D eigenvalue weighted by molar-refractivity contribution is 4.77. The van der Waals surface area contributed by atoms with E-state index in [4.69, 9.17) is 4.74 Å². The van der Waals surface area contributed by atoms with Crippen molar-refractivity contribution in [3.63, 3.8) is 0 Å². The average Bonchev–Trinajstić information content (AvgIpc) is 2.34. The summed E-state index contributed by atoms with van der Waals surface area (Å²) in [6, 6.07) is 0.418. The van der Waals surface area contributed by atoms with Crippen molar-refractivity contribution in [2.45, 2.75) is 45.6 Å². The van der Waals surface area contributed by atoms with Crippen molar-refractivity contribution < 1.29 is 9.84 Å². The lowest BCUT2D eigenvalue weighted by Gasteiger charge is -2.31. The molecule has 0 aromatic heterocycles. The molecule has 1 fully saturated rings. The molecule has 2 N–H and O–H groups in total. The minimum Gasteiger partial charge on any atom is -0.396 e. The number of aliphatic hydroxyl groups is 1. The fraction of sp³-hybridized carbons (Fsp3) is 1.00. The molecule has 1 aliphatic carbocycles. The molecular formula is C13H27NO2. The molecule has 3 atom stereocenters. The van der Waals surface area contributed by atoms with Crippen LogP contribution in [0.15, 0.2) is 0 Å². The van der Waals surface area contributed by atoms with Crippen molar-refractivity contribution in [1.29, 1.82) is 0 Å². The molecule has 3 heteroatoms. The lowest BCUT2D eigenvalue weighted by Crippen LogP contribution is -2.38. The number of ether oxygens (including phenoxy) is 1. The van der Waals surface area contributed by atoms with Gasteiger partial charge >= 0.3 is 0 Å². The summed E-state index contributed by atoms with van der Waals surface area (Å²) in [5.74, 6) is 1.17. The SMILES string of the molecule is CCOCC(C)NCC1CCCCC1CO. The van der Waals surface area contributed by atoms with Gasteiger partial charge in [-0.3, -0.25) is 0 Å². The molecule has 0 aromatic rings. The second-order valence-corrected chi connectivity index (χ2v) is 4.96. The van der Waals surface area contributed by atoms with E-state index in [0.29, 0.717) is 24.5 Å². The highest BCUT2D eigenvalue weighted by Crippen LogP contribution is 2.29. The van der Waals surface area contributed by atoms with E-state index in [1.54, 1.807) is 0 Å². The van der Waals surface area contributed by atoms with E-state index in [0.717, 1.165) is 19.8 Å². The summed E-state index contributed by atoms with van der Waals surface area (Å²) in [6.07, 6.45) is 5.07. The Morgan fingerprint density at radius 3 is 2.62 bits per heavy atom. The Hall–Kier alpha value is -0.120. The first-order valence-corrected chi connectivity index (χ1v) is 6.69. The third-order valence-corrected chi connectivity index (χ3v) is 3.60. The van der Waals surface area contributed by atoms with Gasteiger partial charge in [-0.05, 0) is 45.1 Å². The van der Waals surface area contributed by atoms with Gasteiger partial charge in [-0.1, -0.05) is 12.8 Å². The van der Waals surface area contributed by atoms with Crippen LogP contribution in [0.3, 0.4) is 0 Å². The standard InChI is InChI=1S/C13H27NO2/c1-3-16-10-11(2)14-8-12-6-4-5-7-13(12)9-15/h11-15H,3-10H2,1-2H3. The predicted molar refractivity (Wildman–Crippen MR) is 66.5 cm³/mol. The summed E-state index contributed by atoms with van der Waals surface area (Å²) >= 11 is 0. The van der Waals surface area contributed by atoms with Crippen LogP contribution in [-0.4, -0.2) is 37.5 Å². The molecule has 0 spiro atoms. The van der Waals surface area contributed by atoms with Crippen LogP contribution in [0.2, 0.25) is 0 Å². The van der Waals surface area contributed by atoms with Crippen LogP contribution in [0.1, 0.15) is 39.5 Å². The molecule has 0 bridgehead atoms. The fourth-order valence-electron chi connectivity index (χ4n) is 2.50. The highest BCUT2D eigenvalue weighted by Gasteiger charge is 2.24. The number of hydrogen-bond acceptors (Lipinski definition) is 3. The van der Waals surface area contributed by atoms with Gasteiger partial charge < -0.3 is 15.2 Å². The fourth-order valence-corrected chi connectivity index (χ4v) is 2.50. The van der Waals surface area contributed by atoms with Crippen molar-refractivity contribution in [1.82, 2.24) is 5.32 Å². The quantitative estimate of drug-likeness (QED) is 0.699. The molecule has 1 aliphatic rings. The summed E-state index contributed by atoms with van der Waals surface area (Å²) in [6.45, 7) is 7.13. The topological polar surface area (TPSA) is 41.5 Å². The maximum absolute atomic E-state index is 9.32. The van der Waals surface area contributed by atoms with Crippen LogP contribution < -0.4 is 5.32 Å². The zero-order valence-corrected chi connectivity index (χ0v) is 10.7. The smallest absolute Gasteiger partial charge is 0.0616 e. The molecule has 3 nitrogen and oxygen atoms in total. The average molecular weight is 229 g/mol. The molecule has 3 unspecified atom stereocenters. The Morgan fingerprint density at radius 2 is 2.00 bits per heavy atom. The third kappa shape index (κ3) is 4.81. The molecule has 0 saturated heterocycles. The van der Waals surface area contributed by atoms with Crippen molar-refractivity contribution >= 4 is 0 Å². The molecule has 0 radical (unpaired) electrons. The van der Waals surface area contributed by atoms with E-state index in [-0.39, 0.29) is 0 Å². The van der Waals surface area contributed by atoms with Crippen molar-refractivity contribution in [2.75, 3.05) is 26.4 Å². The maximum atomic E-state index is 9.32. The van der Waals surface area contributed by atoms with Crippen LogP contribution in [0.5, 0.6) is 0 Å². The van der Waals surface area contributed by atoms with E-state index in [1.165, 1.54) is 25.7 Å². The molecule has 0 aliphatic heterocycles. The zero-order chi connectivity index (χ0) is 11.8. The molecule has 0 heterocycles. The Morgan fingerprint density at radius 1 is 1.31 bits per heavy atom. The van der Waals surface area contributed by atoms with Crippen molar-refractivity contribution in [2.24, 2.45) is 11.8 Å². The van der Waals surface area contributed by atoms with E-state index in [1.807, 2.05) is 6.92 Å². The van der Waals surface area contributed by atoms with Gasteiger partial charge in [0.05, 0.1) is 6.61 Å². The molecule has 16 heavy (non-hydrogen) atoms. The van der Waals surface area contributed by atoms with Gasteiger partial charge in [0.15, 0.2) is 0 Å². The molecule has 0 amide bonds. The molecular weight excluding hydrogens is 202 g/mol. The highest BCUT2D eigenvalue weighted by atomic mass is 16.5. The van der Waals surface area contributed by atoms with Gasteiger partial charge in [0.1, 0.15) is 0 Å².